The standard InChI is InChI=1S/C30H28N2O6S/c1-30(13-14-30)39(35,36)32-28(34)24-10-6-5-9-23(24)20-11-12-25-26(16-20)37-17-21(27(25)33)15-22-18-38-29(31-22)19-7-3-2-4-8-19/h2-12,16,18,21,27,33H,13-15,17H2,1H3,(H,32,34)/t21-,27+/m1/s1. The van der Waals surface area contributed by atoms with Gasteiger partial charge in [0, 0.05) is 29.0 Å². The van der Waals surface area contributed by atoms with E-state index in [4.69, 9.17) is 9.15 Å². The summed E-state index contributed by atoms with van der Waals surface area (Å²) in [6.07, 6.45) is 2.39. The molecule has 4 aromatic rings. The van der Waals surface area contributed by atoms with E-state index in [2.05, 4.69) is 9.71 Å². The van der Waals surface area contributed by atoms with Gasteiger partial charge in [-0.3, -0.25) is 4.79 Å². The summed E-state index contributed by atoms with van der Waals surface area (Å²) in [4.78, 5) is 17.6. The Bertz CT molecular complexity index is 1640. The number of benzene rings is 3. The van der Waals surface area contributed by atoms with Gasteiger partial charge in [-0.1, -0.05) is 48.5 Å². The summed E-state index contributed by atoms with van der Waals surface area (Å²) < 4.78 is 38.3. The van der Waals surface area contributed by atoms with E-state index in [1.54, 1.807) is 55.7 Å². The van der Waals surface area contributed by atoms with Gasteiger partial charge in [0.15, 0.2) is 0 Å². The number of hydrogen-bond acceptors (Lipinski definition) is 7. The quantitative estimate of drug-likeness (QED) is 0.340. The van der Waals surface area contributed by atoms with Gasteiger partial charge in [0.1, 0.15) is 12.0 Å². The van der Waals surface area contributed by atoms with Crippen LogP contribution >= 0.6 is 0 Å². The lowest BCUT2D eigenvalue weighted by atomic mass is 9.88. The van der Waals surface area contributed by atoms with Gasteiger partial charge in [0.2, 0.25) is 15.9 Å². The Morgan fingerprint density at radius 3 is 2.56 bits per heavy atom. The van der Waals surface area contributed by atoms with Crippen LogP contribution in [0.2, 0.25) is 0 Å². The van der Waals surface area contributed by atoms with Crippen LogP contribution in [0, 0.1) is 5.92 Å². The molecular formula is C30H28N2O6S. The van der Waals surface area contributed by atoms with E-state index < -0.39 is 26.8 Å². The van der Waals surface area contributed by atoms with Gasteiger partial charge in [0.25, 0.3) is 5.91 Å². The predicted molar refractivity (Wildman–Crippen MR) is 145 cm³/mol. The number of carbonyl (C=O) groups is 1. The summed E-state index contributed by atoms with van der Waals surface area (Å²) in [5.74, 6) is 0.169. The highest BCUT2D eigenvalue weighted by Crippen LogP contribution is 2.43. The molecule has 1 aliphatic heterocycles. The minimum absolute atomic E-state index is 0.218. The Morgan fingerprint density at radius 1 is 1.05 bits per heavy atom. The third-order valence-electron chi connectivity index (χ3n) is 7.59. The van der Waals surface area contributed by atoms with E-state index in [0.29, 0.717) is 47.6 Å². The number of aromatic nitrogens is 1. The number of oxazole rings is 1. The van der Waals surface area contributed by atoms with Gasteiger partial charge in [0.05, 0.1) is 23.2 Å². The first kappa shape index (κ1) is 25.3. The van der Waals surface area contributed by atoms with Crippen molar-refractivity contribution in [2.24, 2.45) is 5.92 Å². The largest absolute Gasteiger partial charge is 0.493 e. The highest BCUT2D eigenvalue weighted by molar-refractivity contribution is 7.91. The van der Waals surface area contributed by atoms with Crippen LogP contribution in [0.3, 0.4) is 0 Å². The molecule has 2 heterocycles. The lowest BCUT2D eigenvalue weighted by molar-refractivity contribution is 0.0503. The molecule has 0 radical (unpaired) electrons. The van der Waals surface area contributed by atoms with Crippen LogP contribution in [-0.2, 0) is 16.4 Å². The Balaban J connectivity index is 1.21. The van der Waals surface area contributed by atoms with Gasteiger partial charge < -0.3 is 14.3 Å². The highest BCUT2D eigenvalue weighted by Gasteiger charge is 2.51. The summed E-state index contributed by atoms with van der Waals surface area (Å²) >= 11 is 0. The number of rotatable bonds is 7. The van der Waals surface area contributed by atoms with Gasteiger partial charge >= 0.3 is 0 Å². The van der Waals surface area contributed by atoms with E-state index in [0.717, 1.165) is 11.3 Å². The van der Waals surface area contributed by atoms with Crippen LogP contribution in [0.15, 0.2) is 83.5 Å². The number of nitrogens with one attached hydrogen (secondary N) is 1. The SMILES string of the molecule is CC1(S(=O)(=O)NC(=O)c2ccccc2-c2ccc3c(c2)OC[C@@H](Cc2coc(-c4ccccc4)n2)[C@@H]3O)CC1. The molecule has 9 heteroatoms. The fourth-order valence-electron chi connectivity index (χ4n) is 4.84. The number of aliphatic hydroxyl groups is 1. The zero-order valence-corrected chi connectivity index (χ0v) is 22.1. The van der Waals surface area contributed by atoms with Crippen molar-refractivity contribution in [1.82, 2.24) is 9.71 Å². The van der Waals surface area contributed by atoms with E-state index in [9.17, 15) is 18.3 Å². The fraction of sp³-hybridized carbons (Fsp3) is 0.267. The second kappa shape index (κ2) is 9.66. The first-order valence-corrected chi connectivity index (χ1v) is 14.3. The van der Waals surface area contributed by atoms with Crippen molar-refractivity contribution in [3.05, 3.63) is 95.9 Å². The zero-order valence-electron chi connectivity index (χ0n) is 21.3. The molecule has 2 aliphatic rings. The molecule has 6 rings (SSSR count). The maximum absolute atomic E-state index is 13.0. The molecule has 39 heavy (non-hydrogen) atoms. The van der Waals surface area contributed by atoms with Crippen LogP contribution < -0.4 is 9.46 Å². The Kier molecular flexibility index (Phi) is 6.28. The second-order valence-corrected chi connectivity index (χ2v) is 12.6. The van der Waals surface area contributed by atoms with Crippen molar-refractivity contribution in [3.8, 4) is 28.3 Å². The first-order chi connectivity index (χ1) is 18.7. The van der Waals surface area contributed by atoms with Gasteiger partial charge in [-0.25, -0.2) is 18.1 Å². The molecule has 0 saturated heterocycles. The van der Waals surface area contributed by atoms with Gasteiger partial charge in [-0.2, -0.15) is 0 Å². The van der Waals surface area contributed by atoms with Crippen LogP contribution in [0.4, 0.5) is 0 Å². The smallest absolute Gasteiger partial charge is 0.265 e. The Labute approximate surface area is 226 Å². The second-order valence-electron chi connectivity index (χ2n) is 10.4. The number of sulfonamides is 1. The molecule has 1 amide bonds. The molecule has 1 aliphatic carbocycles. The number of hydrogen-bond donors (Lipinski definition) is 2. The molecule has 2 atom stereocenters. The molecular weight excluding hydrogens is 516 g/mol. The van der Waals surface area contributed by atoms with E-state index in [1.807, 2.05) is 30.3 Å². The first-order valence-electron chi connectivity index (χ1n) is 12.8. The lowest BCUT2D eigenvalue weighted by Crippen LogP contribution is -2.38. The summed E-state index contributed by atoms with van der Waals surface area (Å²) in [5.41, 5.74) is 3.77. The maximum atomic E-state index is 13.0. The van der Waals surface area contributed by atoms with Crippen molar-refractivity contribution in [2.45, 2.75) is 37.0 Å². The third-order valence-corrected chi connectivity index (χ3v) is 9.75. The van der Waals surface area contributed by atoms with Crippen molar-refractivity contribution >= 4 is 15.9 Å². The third kappa shape index (κ3) is 4.84. The summed E-state index contributed by atoms with van der Waals surface area (Å²) in [6, 6.07) is 21.8. The summed E-state index contributed by atoms with van der Waals surface area (Å²) in [6.45, 7) is 1.92. The van der Waals surface area contributed by atoms with Gasteiger partial charge in [-0.05, 0) is 55.2 Å². The minimum atomic E-state index is -3.77. The van der Waals surface area contributed by atoms with Crippen LogP contribution in [0.25, 0.3) is 22.6 Å². The number of nitrogens with zero attached hydrogens (tertiary/aromatic N) is 1. The molecule has 200 valence electrons. The van der Waals surface area contributed by atoms with Crippen molar-refractivity contribution in [1.29, 1.82) is 0 Å². The van der Waals surface area contributed by atoms with Crippen molar-refractivity contribution < 1.29 is 27.5 Å². The maximum Gasteiger partial charge on any atom is 0.265 e. The van der Waals surface area contributed by atoms with E-state index in [1.165, 1.54) is 0 Å². The minimum Gasteiger partial charge on any atom is -0.493 e. The van der Waals surface area contributed by atoms with Crippen LogP contribution in [0.1, 0.15) is 47.5 Å². The van der Waals surface area contributed by atoms with Crippen LogP contribution in [0.5, 0.6) is 5.75 Å². The topological polar surface area (TPSA) is 119 Å². The number of ether oxygens (including phenoxy) is 1. The number of carbonyl (C=O) groups excluding carboxylic acids is 1. The van der Waals surface area contributed by atoms with Crippen molar-refractivity contribution in [2.75, 3.05) is 6.61 Å². The molecule has 0 bridgehead atoms. The molecule has 1 saturated carbocycles. The van der Waals surface area contributed by atoms with Gasteiger partial charge in [-0.15, -0.1) is 0 Å². The number of fused-ring (bicyclic) bond motifs is 1. The molecule has 1 fully saturated rings. The molecule has 2 N–H and O–H groups in total. The zero-order chi connectivity index (χ0) is 27.2. The number of amides is 1. The molecule has 3 aromatic carbocycles. The number of aliphatic hydroxyl groups excluding tert-OH is 1. The normalized spacial score (nSPS) is 19.5. The van der Waals surface area contributed by atoms with Crippen LogP contribution in [-0.4, -0.2) is 35.8 Å². The Morgan fingerprint density at radius 2 is 1.79 bits per heavy atom. The molecule has 1 aromatic heterocycles. The highest BCUT2D eigenvalue weighted by atomic mass is 32.2. The average Bonchev–Trinajstić information content (AvgIpc) is 3.55. The fourth-order valence-corrected chi connectivity index (χ4v) is 6.08. The average molecular weight is 545 g/mol. The van der Waals surface area contributed by atoms with E-state index >= 15 is 0 Å². The summed E-state index contributed by atoms with van der Waals surface area (Å²) in [5, 5.41) is 11.2. The molecule has 0 spiro atoms. The summed E-state index contributed by atoms with van der Waals surface area (Å²) in [7, 11) is -3.77. The molecule has 0 unspecified atom stereocenters. The Hall–Kier alpha value is -3.95. The monoisotopic (exact) mass is 544 g/mol. The van der Waals surface area contributed by atoms with E-state index in [-0.39, 0.29) is 18.1 Å². The lowest BCUT2D eigenvalue weighted by Gasteiger charge is -2.30. The molecule has 8 nitrogen and oxygen atoms in total. The predicted octanol–water partition coefficient (Wildman–Crippen LogP) is 4.91. The van der Waals surface area contributed by atoms with Crippen molar-refractivity contribution in [3.63, 3.8) is 0 Å².